The van der Waals surface area contributed by atoms with E-state index >= 15 is 0 Å². The maximum absolute atomic E-state index is 12.7. The monoisotopic (exact) mass is 353 g/mol. The molecule has 22 heavy (non-hydrogen) atoms. The van der Waals surface area contributed by atoms with Crippen molar-refractivity contribution >= 4 is 49.8 Å². The molecule has 0 fully saturated rings. The number of anilines is 1. The summed E-state index contributed by atoms with van der Waals surface area (Å²) in [4.78, 5) is 8.04. The summed E-state index contributed by atoms with van der Waals surface area (Å²) >= 11 is 11.7. The highest BCUT2D eigenvalue weighted by atomic mass is 35.5. The highest BCUT2D eigenvalue weighted by molar-refractivity contribution is 7.91. The Labute approximate surface area is 136 Å². The fourth-order valence-corrected chi connectivity index (χ4v) is 3.68. The zero-order valence-corrected chi connectivity index (χ0v) is 13.3. The minimum absolute atomic E-state index is 0.0525. The Morgan fingerprint density at radius 3 is 2.32 bits per heavy atom. The third-order valence-corrected chi connectivity index (χ3v) is 5.64. The van der Waals surface area contributed by atoms with E-state index in [1.54, 1.807) is 6.07 Å². The van der Waals surface area contributed by atoms with Crippen molar-refractivity contribution in [2.75, 3.05) is 5.73 Å². The molecule has 5 nitrogen and oxygen atoms in total. The van der Waals surface area contributed by atoms with E-state index in [0.717, 1.165) is 0 Å². The number of nitrogen functional groups attached to an aromatic ring is 1. The fraction of sp³-hybridized carbons (Fsp3) is 0. The Balaban J connectivity index is 2.20. The molecule has 1 aromatic heterocycles. The van der Waals surface area contributed by atoms with E-state index in [0.29, 0.717) is 10.9 Å². The van der Waals surface area contributed by atoms with Gasteiger partial charge in [-0.3, -0.25) is 0 Å². The molecule has 112 valence electrons. The molecule has 0 aliphatic rings. The number of benzene rings is 2. The minimum atomic E-state index is -3.74. The molecule has 0 aliphatic heterocycles. The van der Waals surface area contributed by atoms with Crippen LogP contribution in [0.3, 0.4) is 0 Å². The van der Waals surface area contributed by atoms with Crippen molar-refractivity contribution in [3.8, 4) is 0 Å². The summed E-state index contributed by atoms with van der Waals surface area (Å²) in [5, 5.41) is 0.937. The Hall–Kier alpha value is -1.89. The average molecular weight is 354 g/mol. The molecule has 3 aromatic rings. The summed E-state index contributed by atoms with van der Waals surface area (Å²) in [5.41, 5.74) is 6.34. The first-order valence-corrected chi connectivity index (χ1v) is 8.34. The summed E-state index contributed by atoms with van der Waals surface area (Å²) in [7, 11) is -3.74. The van der Waals surface area contributed by atoms with Crippen LogP contribution in [0.5, 0.6) is 0 Å². The van der Waals surface area contributed by atoms with Crippen LogP contribution < -0.4 is 5.73 Å². The SMILES string of the molecule is Nc1ncnc2ccc(S(=O)(=O)c3ccc(Cl)c(Cl)c3)cc12. The number of nitrogens with zero attached hydrogens (tertiary/aromatic N) is 2. The van der Waals surface area contributed by atoms with Crippen LogP contribution in [0.25, 0.3) is 10.9 Å². The van der Waals surface area contributed by atoms with Crippen molar-refractivity contribution in [2.45, 2.75) is 9.79 Å². The van der Waals surface area contributed by atoms with Crippen LogP contribution >= 0.6 is 23.2 Å². The zero-order valence-electron chi connectivity index (χ0n) is 11.0. The number of halogens is 2. The van der Waals surface area contributed by atoms with E-state index in [4.69, 9.17) is 28.9 Å². The summed E-state index contributed by atoms with van der Waals surface area (Å²) in [6, 6.07) is 8.65. The van der Waals surface area contributed by atoms with E-state index in [1.807, 2.05) is 0 Å². The van der Waals surface area contributed by atoms with E-state index in [9.17, 15) is 8.42 Å². The first kappa shape index (κ1) is 15.0. The van der Waals surface area contributed by atoms with Gasteiger partial charge in [0.15, 0.2) is 0 Å². The van der Waals surface area contributed by atoms with E-state index in [-0.39, 0.29) is 25.7 Å². The number of nitrogens with two attached hydrogens (primary N) is 1. The molecular formula is C14H9Cl2N3O2S. The van der Waals surface area contributed by atoms with Crippen molar-refractivity contribution in [3.05, 3.63) is 52.8 Å². The molecule has 0 bridgehead atoms. The van der Waals surface area contributed by atoms with E-state index in [1.165, 1.54) is 36.7 Å². The van der Waals surface area contributed by atoms with Crippen LogP contribution in [-0.2, 0) is 9.84 Å². The Morgan fingerprint density at radius 2 is 1.59 bits per heavy atom. The molecule has 8 heteroatoms. The molecule has 1 heterocycles. The number of rotatable bonds is 2. The number of hydrogen-bond donors (Lipinski definition) is 1. The maximum Gasteiger partial charge on any atom is 0.206 e. The smallest absolute Gasteiger partial charge is 0.206 e. The number of aromatic nitrogens is 2. The van der Waals surface area contributed by atoms with E-state index < -0.39 is 9.84 Å². The van der Waals surface area contributed by atoms with Gasteiger partial charge in [0.2, 0.25) is 9.84 Å². The second-order valence-electron chi connectivity index (χ2n) is 4.52. The van der Waals surface area contributed by atoms with Gasteiger partial charge in [-0.15, -0.1) is 0 Å². The topological polar surface area (TPSA) is 85.9 Å². The average Bonchev–Trinajstić information content (AvgIpc) is 2.50. The Kier molecular flexibility index (Phi) is 3.68. The molecule has 0 radical (unpaired) electrons. The quantitative estimate of drug-likeness (QED) is 0.763. The zero-order chi connectivity index (χ0) is 15.9. The predicted molar refractivity (Wildman–Crippen MR) is 85.9 cm³/mol. The van der Waals surface area contributed by atoms with Crippen molar-refractivity contribution in [3.63, 3.8) is 0 Å². The lowest BCUT2D eigenvalue weighted by atomic mass is 10.2. The summed E-state index contributed by atoms with van der Waals surface area (Å²) in [6.07, 6.45) is 1.32. The highest BCUT2D eigenvalue weighted by Crippen LogP contribution is 2.30. The fourth-order valence-electron chi connectivity index (χ4n) is 2.00. The lowest BCUT2D eigenvalue weighted by molar-refractivity contribution is 0.596. The van der Waals surface area contributed by atoms with Gasteiger partial charge >= 0.3 is 0 Å². The van der Waals surface area contributed by atoms with Gasteiger partial charge in [-0.05, 0) is 36.4 Å². The number of hydrogen-bond acceptors (Lipinski definition) is 5. The summed E-state index contributed by atoms with van der Waals surface area (Å²) < 4.78 is 25.3. The van der Waals surface area contributed by atoms with Gasteiger partial charge in [-0.2, -0.15) is 0 Å². The highest BCUT2D eigenvalue weighted by Gasteiger charge is 2.19. The molecule has 0 spiro atoms. The third-order valence-electron chi connectivity index (χ3n) is 3.15. The van der Waals surface area contributed by atoms with Gasteiger partial charge in [0.25, 0.3) is 0 Å². The lowest BCUT2D eigenvalue weighted by Crippen LogP contribution is -2.03. The van der Waals surface area contributed by atoms with E-state index in [2.05, 4.69) is 9.97 Å². The molecular weight excluding hydrogens is 345 g/mol. The Bertz CT molecular complexity index is 991. The Morgan fingerprint density at radius 1 is 0.909 bits per heavy atom. The van der Waals surface area contributed by atoms with Crippen LogP contribution in [0, 0.1) is 0 Å². The minimum Gasteiger partial charge on any atom is -0.383 e. The molecule has 2 aromatic carbocycles. The van der Waals surface area contributed by atoms with Gasteiger partial charge in [0, 0.05) is 5.39 Å². The van der Waals surface area contributed by atoms with Gasteiger partial charge in [-0.25, -0.2) is 18.4 Å². The largest absolute Gasteiger partial charge is 0.383 e. The van der Waals surface area contributed by atoms with Crippen molar-refractivity contribution < 1.29 is 8.42 Å². The summed E-state index contributed by atoms with van der Waals surface area (Å²) in [5.74, 6) is 0.219. The van der Waals surface area contributed by atoms with Crippen LogP contribution in [0.4, 0.5) is 5.82 Å². The molecule has 0 saturated heterocycles. The maximum atomic E-state index is 12.7. The molecule has 2 N–H and O–H groups in total. The standard InChI is InChI=1S/C14H9Cl2N3O2S/c15-11-3-1-9(6-12(11)16)22(20,21)8-2-4-13-10(5-8)14(17)19-7-18-13/h1-7H,(H2,17,18,19). The molecule has 0 aliphatic carbocycles. The van der Waals surface area contributed by atoms with Crippen LogP contribution in [-0.4, -0.2) is 18.4 Å². The third kappa shape index (κ3) is 2.49. The molecule has 0 unspecified atom stereocenters. The van der Waals surface area contributed by atoms with Crippen LogP contribution in [0.1, 0.15) is 0 Å². The normalized spacial score (nSPS) is 11.7. The van der Waals surface area contributed by atoms with Gasteiger partial charge in [0.05, 0.1) is 25.4 Å². The van der Waals surface area contributed by atoms with Crippen LogP contribution in [0.15, 0.2) is 52.5 Å². The molecule has 0 amide bonds. The first-order valence-electron chi connectivity index (χ1n) is 6.10. The van der Waals surface area contributed by atoms with Gasteiger partial charge in [0.1, 0.15) is 12.1 Å². The lowest BCUT2D eigenvalue weighted by Gasteiger charge is -2.07. The second-order valence-corrected chi connectivity index (χ2v) is 7.28. The first-order chi connectivity index (χ1) is 10.4. The van der Waals surface area contributed by atoms with Crippen LogP contribution in [0.2, 0.25) is 10.0 Å². The summed E-state index contributed by atoms with van der Waals surface area (Å²) in [6.45, 7) is 0. The molecule has 0 atom stereocenters. The predicted octanol–water partition coefficient (Wildman–Crippen LogP) is 3.35. The second kappa shape index (κ2) is 5.39. The van der Waals surface area contributed by atoms with Crippen molar-refractivity contribution in [1.82, 2.24) is 9.97 Å². The molecule has 3 rings (SSSR count). The van der Waals surface area contributed by atoms with Crippen molar-refractivity contribution in [1.29, 1.82) is 0 Å². The van der Waals surface area contributed by atoms with Gasteiger partial charge < -0.3 is 5.73 Å². The number of sulfone groups is 1. The molecule has 0 saturated carbocycles. The number of fused-ring (bicyclic) bond motifs is 1. The van der Waals surface area contributed by atoms with Crippen molar-refractivity contribution in [2.24, 2.45) is 0 Å². The van der Waals surface area contributed by atoms with Gasteiger partial charge in [-0.1, -0.05) is 23.2 Å².